The smallest absolute Gasteiger partial charge is 0.255 e. The summed E-state index contributed by atoms with van der Waals surface area (Å²) in [4.78, 5) is 14.0. The SMILES string of the molecule is CNCCC1CCN(C(=O)c2cc(F)c(F)cc2Cl)CC1. The van der Waals surface area contributed by atoms with E-state index in [0.717, 1.165) is 37.9 Å². The minimum Gasteiger partial charge on any atom is -0.339 e. The van der Waals surface area contributed by atoms with E-state index < -0.39 is 11.6 Å². The molecular formula is C15H19ClF2N2O. The molecule has 0 atom stereocenters. The van der Waals surface area contributed by atoms with E-state index in [1.165, 1.54) is 0 Å². The van der Waals surface area contributed by atoms with Gasteiger partial charge in [-0.25, -0.2) is 8.78 Å². The maximum Gasteiger partial charge on any atom is 0.255 e. The number of benzene rings is 1. The highest BCUT2D eigenvalue weighted by molar-refractivity contribution is 6.33. The summed E-state index contributed by atoms with van der Waals surface area (Å²) < 4.78 is 26.3. The van der Waals surface area contributed by atoms with Crippen LogP contribution in [-0.2, 0) is 0 Å². The van der Waals surface area contributed by atoms with Crippen molar-refractivity contribution in [2.24, 2.45) is 5.92 Å². The Morgan fingerprint density at radius 3 is 2.57 bits per heavy atom. The summed E-state index contributed by atoms with van der Waals surface area (Å²) in [6.07, 6.45) is 2.94. The van der Waals surface area contributed by atoms with Gasteiger partial charge in [-0.05, 0) is 50.9 Å². The minimum atomic E-state index is -1.05. The molecule has 116 valence electrons. The number of carbonyl (C=O) groups excluding carboxylic acids is 1. The van der Waals surface area contributed by atoms with Crippen LogP contribution in [0.1, 0.15) is 29.6 Å². The number of rotatable bonds is 4. The summed E-state index contributed by atoms with van der Waals surface area (Å²) in [6, 6.07) is 1.73. The lowest BCUT2D eigenvalue weighted by atomic mass is 9.93. The van der Waals surface area contributed by atoms with Gasteiger partial charge < -0.3 is 10.2 Å². The van der Waals surface area contributed by atoms with Crippen LogP contribution in [0.2, 0.25) is 5.02 Å². The van der Waals surface area contributed by atoms with Crippen LogP contribution >= 0.6 is 11.6 Å². The third-order valence-electron chi connectivity index (χ3n) is 3.94. The fourth-order valence-electron chi connectivity index (χ4n) is 2.63. The molecule has 1 heterocycles. The zero-order valence-corrected chi connectivity index (χ0v) is 12.7. The summed E-state index contributed by atoms with van der Waals surface area (Å²) >= 11 is 5.85. The van der Waals surface area contributed by atoms with E-state index in [1.807, 2.05) is 7.05 Å². The molecule has 6 heteroatoms. The monoisotopic (exact) mass is 316 g/mol. The van der Waals surface area contributed by atoms with Crippen molar-refractivity contribution in [2.45, 2.75) is 19.3 Å². The first-order valence-corrected chi connectivity index (χ1v) is 7.49. The second-order valence-electron chi connectivity index (χ2n) is 5.37. The number of halogens is 3. The van der Waals surface area contributed by atoms with Crippen LogP contribution in [0.15, 0.2) is 12.1 Å². The summed E-state index contributed by atoms with van der Waals surface area (Å²) in [7, 11) is 1.92. The summed E-state index contributed by atoms with van der Waals surface area (Å²) in [5.74, 6) is -1.82. The van der Waals surface area contributed by atoms with Crippen molar-refractivity contribution < 1.29 is 13.6 Å². The van der Waals surface area contributed by atoms with Crippen molar-refractivity contribution in [1.29, 1.82) is 0 Å². The third-order valence-corrected chi connectivity index (χ3v) is 4.26. The van der Waals surface area contributed by atoms with Gasteiger partial charge in [-0.1, -0.05) is 11.6 Å². The fraction of sp³-hybridized carbons (Fsp3) is 0.533. The molecular weight excluding hydrogens is 298 g/mol. The number of nitrogens with zero attached hydrogens (tertiary/aromatic N) is 1. The number of piperidine rings is 1. The number of likely N-dealkylation sites (tertiary alicyclic amines) is 1. The molecule has 1 fully saturated rings. The average molecular weight is 317 g/mol. The van der Waals surface area contributed by atoms with Crippen LogP contribution in [-0.4, -0.2) is 37.5 Å². The van der Waals surface area contributed by atoms with Gasteiger partial charge in [0.15, 0.2) is 11.6 Å². The molecule has 0 aromatic heterocycles. The fourth-order valence-corrected chi connectivity index (χ4v) is 2.86. The molecule has 1 aromatic carbocycles. The lowest BCUT2D eigenvalue weighted by molar-refractivity contribution is 0.0686. The number of hydrogen-bond donors (Lipinski definition) is 1. The molecule has 0 spiro atoms. The Balaban J connectivity index is 2.00. The van der Waals surface area contributed by atoms with Crippen molar-refractivity contribution in [1.82, 2.24) is 10.2 Å². The molecule has 1 aliphatic heterocycles. The Morgan fingerprint density at radius 1 is 1.33 bits per heavy atom. The van der Waals surface area contributed by atoms with Gasteiger partial charge in [0.25, 0.3) is 5.91 Å². The number of hydrogen-bond acceptors (Lipinski definition) is 2. The summed E-state index contributed by atoms with van der Waals surface area (Å²) in [5.41, 5.74) is 0.0317. The van der Waals surface area contributed by atoms with Gasteiger partial charge in [0.1, 0.15) is 0 Å². The first kappa shape index (κ1) is 16.2. The maximum absolute atomic E-state index is 13.3. The van der Waals surface area contributed by atoms with Gasteiger partial charge in [0.2, 0.25) is 0 Å². The van der Waals surface area contributed by atoms with Crippen LogP contribution in [0.3, 0.4) is 0 Å². The largest absolute Gasteiger partial charge is 0.339 e. The molecule has 1 aromatic rings. The second kappa shape index (κ2) is 7.18. The van der Waals surface area contributed by atoms with E-state index in [2.05, 4.69) is 5.32 Å². The van der Waals surface area contributed by atoms with Crippen LogP contribution in [0, 0.1) is 17.6 Å². The van der Waals surface area contributed by atoms with Crippen LogP contribution < -0.4 is 5.32 Å². The Labute approximate surface area is 128 Å². The average Bonchev–Trinajstić information content (AvgIpc) is 2.48. The predicted octanol–water partition coefficient (Wildman–Crippen LogP) is 3.08. The Bertz CT molecular complexity index is 517. The quantitative estimate of drug-likeness (QED) is 0.866. The van der Waals surface area contributed by atoms with Crippen LogP contribution in [0.25, 0.3) is 0 Å². The Hall–Kier alpha value is -1.20. The van der Waals surface area contributed by atoms with E-state index in [1.54, 1.807) is 4.90 Å². The first-order valence-electron chi connectivity index (χ1n) is 7.11. The summed E-state index contributed by atoms with van der Waals surface area (Å²) in [6.45, 7) is 2.22. The standard InChI is InChI=1S/C15H19ClF2N2O/c1-19-5-2-10-3-6-20(7-4-10)15(21)11-8-13(17)14(18)9-12(11)16/h8-10,19H,2-7H2,1H3. The van der Waals surface area contributed by atoms with E-state index >= 15 is 0 Å². The van der Waals surface area contributed by atoms with Crippen molar-refractivity contribution in [3.8, 4) is 0 Å². The number of carbonyl (C=O) groups is 1. The highest BCUT2D eigenvalue weighted by Crippen LogP contribution is 2.25. The zero-order chi connectivity index (χ0) is 15.4. The van der Waals surface area contributed by atoms with Gasteiger partial charge in [-0.3, -0.25) is 4.79 Å². The van der Waals surface area contributed by atoms with Gasteiger partial charge >= 0.3 is 0 Å². The van der Waals surface area contributed by atoms with Crippen LogP contribution in [0.5, 0.6) is 0 Å². The van der Waals surface area contributed by atoms with Gasteiger partial charge in [0, 0.05) is 13.1 Å². The zero-order valence-electron chi connectivity index (χ0n) is 12.0. The lowest BCUT2D eigenvalue weighted by Gasteiger charge is -2.32. The predicted molar refractivity (Wildman–Crippen MR) is 78.5 cm³/mol. The number of amides is 1. The molecule has 0 radical (unpaired) electrons. The molecule has 0 saturated carbocycles. The molecule has 1 aliphatic rings. The second-order valence-corrected chi connectivity index (χ2v) is 5.78. The number of nitrogens with one attached hydrogen (secondary N) is 1. The van der Waals surface area contributed by atoms with Gasteiger partial charge in [-0.15, -0.1) is 0 Å². The molecule has 0 bridgehead atoms. The molecule has 2 rings (SSSR count). The molecule has 21 heavy (non-hydrogen) atoms. The minimum absolute atomic E-state index is 0.0317. The molecule has 1 amide bonds. The summed E-state index contributed by atoms with van der Waals surface area (Å²) in [5, 5.41) is 3.07. The molecule has 0 unspecified atom stereocenters. The maximum atomic E-state index is 13.3. The molecule has 0 aliphatic carbocycles. The van der Waals surface area contributed by atoms with E-state index in [0.29, 0.717) is 19.0 Å². The topological polar surface area (TPSA) is 32.3 Å². The van der Waals surface area contributed by atoms with Crippen LogP contribution in [0.4, 0.5) is 8.78 Å². The highest BCUT2D eigenvalue weighted by atomic mass is 35.5. The normalized spacial score (nSPS) is 16.3. The highest BCUT2D eigenvalue weighted by Gasteiger charge is 2.25. The molecule has 1 saturated heterocycles. The first-order chi connectivity index (χ1) is 10.0. The Morgan fingerprint density at radius 2 is 1.95 bits per heavy atom. The molecule has 1 N–H and O–H groups in total. The van der Waals surface area contributed by atoms with E-state index in [-0.39, 0.29) is 16.5 Å². The van der Waals surface area contributed by atoms with E-state index in [4.69, 9.17) is 11.6 Å². The van der Waals surface area contributed by atoms with Crippen molar-refractivity contribution in [2.75, 3.05) is 26.7 Å². The third kappa shape index (κ3) is 3.92. The van der Waals surface area contributed by atoms with E-state index in [9.17, 15) is 13.6 Å². The lowest BCUT2D eigenvalue weighted by Crippen LogP contribution is -2.39. The molecule has 3 nitrogen and oxygen atoms in total. The van der Waals surface area contributed by atoms with Crippen molar-refractivity contribution in [3.63, 3.8) is 0 Å². The van der Waals surface area contributed by atoms with Gasteiger partial charge in [-0.2, -0.15) is 0 Å². The van der Waals surface area contributed by atoms with Crippen molar-refractivity contribution in [3.05, 3.63) is 34.4 Å². The van der Waals surface area contributed by atoms with Gasteiger partial charge in [0.05, 0.1) is 10.6 Å². The Kier molecular flexibility index (Phi) is 5.53. The van der Waals surface area contributed by atoms with Crippen molar-refractivity contribution >= 4 is 17.5 Å².